The van der Waals surface area contributed by atoms with Gasteiger partial charge in [-0.15, -0.1) is 0 Å². The van der Waals surface area contributed by atoms with E-state index >= 15 is 0 Å². The van der Waals surface area contributed by atoms with E-state index in [1.807, 2.05) is 18.2 Å². The van der Waals surface area contributed by atoms with E-state index in [4.69, 9.17) is 0 Å². The minimum atomic E-state index is -0.946. The zero-order chi connectivity index (χ0) is 12.6. The summed E-state index contributed by atoms with van der Waals surface area (Å²) in [4.78, 5) is 24.3. The van der Waals surface area contributed by atoms with Crippen molar-refractivity contribution in [2.75, 3.05) is 0 Å². The number of Topliss-reactive ketones (excluding diaryl/α,β-unsaturated/α-hetero) is 2. The lowest BCUT2D eigenvalue weighted by Crippen LogP contribution is -2.44. The van der Waals surface area contributed by atoms with Crippen LogP contribution in [0.4, 0.5) is 0 Å². The molecule has 90 valence electrons. The number of benzene rings is 1. The molecule has 1 aliphatic carbocycles. The maximum absolute atomic E-state index is 12.2. The molecule has 0 spiro atoms. The number of hydrogen-bond acceptors (Lipinski definition) is 2. The van der Waals surface area contributed by atoms with E-state index in [2.05, 4.69) is 38.5 Å². The smallest absolute Gasteiger partial charge is 0.150 e. The summed E-state index contributed by atoms with van der Waals surface area (Å²) in [6.45, 7) is 1.76. The summed E-state index contributed by atoms with van der Waals surface area (Å²) in [7, 11) is 0. The Morgan fingerprint density at radius 3 is 2.41 bits per heavy atom. The largest absolute Gasteiger partial charge is 0.298 e. The molecule has 0 bridgehead atoms. The maximum atomic E-state index is 12.2. The van der Waals surface area contributed by atoms with Crippen molar-refractivity contribution in [1.82, 2.24) is 0 Å². The van der Waals surface area contributed by atoms with Crippen LogP contribution in [0.2, 0.25) is 0 Å². The number of rotatable bonds is 1. The highest BCUT2D eigenvalue weighted by Gasteiger charge is 2.45. The zero-order valence-electron chi connectivity index (χ0n) is 9.43. The Hall–Kier alpha value is -0.230. The van der Waals surface area contributed by atoms with Crippen molar-refractivity contribution in [2.24, 2.45) is 0 Å². The first-order valence-electron chi connectivity index (χ1n) is 5.48. The molecular weight excluding hydrogens is 395 g/mol. The Kier molecular flexibility index (Phi) is 3.73. The highest BCUT2D eigenvalue weighted by Crippen LogP contribution is 2.37. The molecule has 0 unspecified atom stereocenters. The fourth-order valence-electron chi connectivity index (χ4n) is 2.25. The van der Waals surface area contributed by atoms with Gasteiger partial charge in [0.05, 0.1) is 0 Å². The SMILES string of the molecule is CC1(c2cc(Br)ccc2I)C(=O)CCCC1=O. The molecule has 1 aliphatic rings. The van der Waals surface area contributed by atoms with E-state index < -0.39 is 5.41 Å². The van der Waals surface area contributed by atoms with Gasteiger partial charge in [0.1, 0.15) is 5.41 Å². The van der Waals surface area contributed by atoms with E-state index in [1.54, 1.807) is 6.92 Å². The highest BCUT2D eigenvalue weighted by atomic mass is 127. The molecule has 0 saturated heterocycles. The second-order valence-corrected chi connectivity index (χ2v) is 6.53. The summed E-state index contributed by atoms with van der Waals surface area (Å²) in [5.74, 6) is 0.0922. The monoisotopic (exact) mass is 406 g/mol. The van der Waals surface area contributed by atoms with Gasteiger partial charge in [0.15, 0.2) is 11.6 Å². The van der Waals surface area contributed by atoms with E-state index in [0.29, 0.717) is 19.3 Å². The summed E-state index contributed by atoms with van der Waals surface area (Å²) in [6.07, 6.45) is 1.70. The van der Waals surface area contributed by atoms with Crippen LogP contribution in [0.25, 0.3) is 0 Å². The molecule has 0 aromatic heterocycles. The van der Waals surface area contributed by atoms with Crippen molar-refractivity contribution in [1.29, 1.82) is 0 Å². The Morgan fingerprint density at radius 2 is 1.82 bits per heavy atom. The molecule has 4 heteroatoms. The molecular formula is C13H12BrIO2. The van der Waals surface area contributed by atoms with Crippen LogP contribution in [-0.2, 0) is 15.0 Å². The lowest BCUT2D eigenvalue weighted by atomic mass is 9.69. The van der Waals surface area contributed by atoms with E-state index in [-0.39, 0.29) is 11.6 Å². The van der Waals surface area contributed by atoms with Gasteiger partial charge in [-0.25, -0.2) is 0 Å². The van der Waals surface area contributed by atoms with Gasteiger partial charge in [-0.05, 0) is 59.7 Å². The van der Waals surface area contributed by atoms with E-state index in [1.165, 1.54) is 0 Å². The molecule has 1 aromatic rings. The van der Waals surface area contributed by atoms with Crippen LogP contribution < -0.4 is 0 Å². The molecule has 2 nitrogen and oxygen atoms in total. The molecule has 0 aliphatic heterocycles. The quantitative estimate of drug-likeness (QED) is 0.527. The van der Waals surface area contributed by atoms with E-state index in [0.717, 1.165) is 13.6 Å². The first-order valence-corrected chi connectivity index (χ1v) is 7.35. The minimum Gasteiger partial charge on any atom is -0.298 e. The fraction of sp³-hybridized carbons (Fsp3) is 0.385. The molecule has 2 rings (SSSR count). The lowest BCUT2D eigenvalue weighted by Gasteiger charge is -2.31. The molecule has 17 heavy (non-hydrogen) atoms. The lowest BCUT2D eigenvalue weighted by molar-refractivity contribution is -0.137. The normalized spacial score (nSPS) is 19.5. The van der Waals surface area contributed by atoms with Crippen molar-refractivity contribution in [3.05, 3.63) is 31.8 Å². The van der Waals surface area contributed by atoms with Gasteiger partial charge < -0.3 is 0 Å². The van der Waals surface area contributed by atoms with Crippen molar-refractivity contribution in [2.45, 2.75) is 31.6 Å². The van der Waals surface area contributed by atoms with Gasteiger partial charge in [-0.1, -0.05) is 15.9 Å². The molecule has 0 amide bonds. The van der Waals surface area contributed by atoms with Gasteiger partial charge in [0.25, 0.3) is 0 Å². The Morgan fingerprint density at radius 1 is 1.24 bits per heavy atom. The van der Waals surface area contributed by atoms with Crippen LogP contribution >= 0.6 is 38.5 Å². The van der Waals surface area contributed by atoms with Crippen LogP contribution in [0.15, 0.2) is 22.7 Å². The van der Waals surface area contributed by atoms with Gasteiger partial charge in [-0.2, -0.15) is 0 Å². The van der Waals surface area contributed by atoms with Gasteiger partial charge in [0, 0.05) is 20.9 Å². The highest BCUT2D eigenvalue weighted by molar-refractivity contribution is 14.1. The summed E-state index contributed by atoms with van der Waals surface area (Å²) in [6, 6.07) is 5.75. The third-order valence-electron chi connectivity index (χ3n) is 3.39. The van der Waals surface area contributed by atoms with Crippen LogP contribution in [0.3, 0.4) is 0 Å². The average Bonchev–Trinajstić information content (AvgIpc) is 2.29. The maximum Gasteiger partial charge on any atom is 0.150 e. The van der Waals surface area contributed by atoms with Crippen LogP contribution in [0.5, 0.6) is 0 Å². The molecule has 0 heterocycles. The summed E-state index contributed by atoms with van der Waals surface area (Å²) < 4.78 is 1.87. The van der Waals surface area contributed by atoms with Crippen molar-refractivity contribution in [3.8, 4) is 0 Å². The Balaban J connectivity index is 2.59. The molecule has 0 atom stereocenters. The molecule has 1 saturated carbocycles. The number of halogens is 2. The summed E-state index contributed by atoms with van der Waals surface area (Å²) in [5, 5.41) is 0. The van der Waals surface area contributed by atoms with Crippen LogP contribution in [0, 0.1) is 3.57 Å². The molecule has 1 fully saturated rings. The minimum absolute atomic E-state index is 0.0461. The average molecular weight is 407 g/mol. The Bertz CT molecular complexity index is 480. The summed E-state index contributed by atoms with van der Waals surface area (Å²) in [5.41, 5.74) is -0.111. The number of carbonyl (C=O) groups excluding carboxylic acids is 2. The summed E-state index contributed by atoms with van der Waals surface area (Å²) >= 11 is 5.59. The fourth-order valence-corrected chi connectivity index (χ4v) is 3.48. The number of hydrogen-bond donors (Lipinski definition) is 0. The third-order valence-corrected chi connectivity index (χ3v) is 4.82. The second-order valence-electron chi connectivity index (χ2n) is 4.45. The Labute approximate surface area is 122 Å². The van der Waals surface area contributed by atoms with Crippen molar-refractivity contribution >= 4 is 50.1 Å². The zero-order valence-corrected chi connectivity index (χ0v) is 13.2. The first-order chi connectivity index (χ1) is 7.96. The van der Waals surface area contributed by atoms with Gasteiger partial charge >= 0.3 is 0 Å². The third kappa shape index (κ3) is 2.21. The predicted octanol–water partition coefficient (Wildman–Crippen LogP) is 3.63. The van der Waals surface area contributed by atoms with Crippen molar-refractivity contribution < 1.29 is 9.59 Å². The number of carbonyl (C=O) groups is 2. The van der Waals surface area contributed by atoms with Gasteiger partial charge in [0.2, 0.25) is 0 Å². The van der Waals surface area contributed by atoms with Crippen molar-refractivity contribution in [3.63, 3.8) is 0 Å². The second kappa shape index (κ2) is 4.80. The molecule has 0 radical (unpaired) electrons. The topological polar surface area (TPSA) is 34.1 Å². The van der Waals surface area contributed by atoms with Crippen LogP contribution in [0.1, 0.15) is 31.7 Å². The predicted molar refractivity (Wildman–Crippen MR) is 78.1 cm³/mol. The first kappa shape index (κ1) is 13.2. The van der Waals surface area contributed by atoms with Gasteiger partial charge in [-0.3, -0.25) is 9.59 Å². The standard InChI is InChI=1S/C13H12BrIO2/c1-13(11(16)3-2-4-12(13)17)9-7-8(14)5-6-10(9)15/h5-7H,2-4H2,1H3. The molecule has 0 N–H and O–H groups in total. The van der Waals surface area contributed by atoms with E-state index in [9.17, 15) is 9.59 Å². The molecule has 1 aromatic carbocycles. The number of ketones is 2. The van der Waals surface area contributed by atoms with Crippen LogP contribution in [-0.4, -0.2) is 11.6 Å².